The minimum atomic E-state index is 0.200. The zero-order valence-electron chi connectivity index (χ0n) is 8.16. The van der Waals surface area contributed by atoms with Crippen molar-refractivity contribution in [2.24, 2.45) is 0 Å². The highest BCUT2D eigenvalue weighted by Gasteiger charge is 2.05. The Kier molecular flexibility index (Phi) is 2.96. The van der Waals surface area contributed by atoms with Crippen LogP contribution < -0.4 is 4.74 Å². The summed E-state index contributed by atoms with van der Waals surface area (Å²) in [5, 5.41) is 9.67. The van der Waals surface area contributed by atoms with Crippen molar-refractivity contribution in [3.63, 3.8) is 0 Å². The molecule has 0 aliphatic heterocycles. The molecule has 0 atom stereocenters. The van der Waals surface area contributed by atoms with Crippen LogP contribution in [0.25, 0.3) is 6.08 Å². The molecular weight excluding hydrogens is 164 g/mol. The van der Waals surface area contributed by atoms with Gasteiger partial charge in [-0.05, 0) is 31.5 Å². The fourth-order valence-corrected chi connectivity index (χ4v) is 1.23. The van der Waals surface area contributed by atoms with Gasteiger partial charge in [-0.3, -0.25) is 0 Å². The van der Waals surface area contributed by atoms with Crippen LogP contribution in [-0.4, -0.2) is 12.2 Å². The molecule has 2 nitrogen and oxygen atoms in total. The van der Waals surface area contributed by atoms with E-state index in [0.717, 1.165) is 11.1 Å². The second kappa shape index (κ2) is 3.99. The Labute approximate surface area is 78.5 Å². The van der Waals surface area contributed by atoms with E-state index in [-0.39, 0.29) is 5.75 Å². The number of benzene rings is 1. The summed E-state index contributed by atoms with van der Waals surface area (Å²) in [6.45, 7) is 3.88. The third kappa shape index (κ3) is 2.02. The molecule has 1 rings (SSSR count). The summed E-state index contributed by atoms with van der Waals surface area (Å²) in [6.07, 6.45) is 3.73. The van der Waals surface area contributed by atoms with E-state index in [1.807, 2.05) is 38.1 Å². The molecule has 0 aromatic heterocycles. The van der Waals surface area contributed by atoms with Gasteiger partial charge in [-0.25, -0.2) is 0 Å². The highest BCUT2D eigenvalue weighted by molar-refractivity contribution is 5.62. The fraction of sp³-hybridized carbons (Fsp3) is 0.273. The van der Waals surface area contributed by atoms with Crippen molar-refractivity contribution in [3.05, 3.63) is 29.3 Å². The van der Waals surface area contributed by atoms with Gasteiger partial charge in [-0.1, -0.05) is 12.2 Å². The van der Waals surface area contributed by atoms with E-state index in [2.05, 4.69) is 0 Å². The predicted molar refractivity (Wildman–Crippen MR) is 54.1 cm³/mol. The van der Waals surface area contributed by atoms with Crippen molar-refractivity contribution >= 4 is 6.08 Å². The number of aryl methyl sites for hydroxylation is 1. The lowest BCUT2D eigenvalue weighted by Gasteiger charge is -2.07. The van der Waals surface area contributed by atoms with Crippen molar-refractivity contribution in [2.45, 2.75) is 13.8 Å². The Hall–Kier alpha value is -1.44. The number of phenols is 1. The number of phenolic OH excluding ortho intramolecular Hbond substituents is 1. The number of hydrogen-bond donors (Lipinski definition) is 1. The van der Waals surface area contributed by atoms with Crippen molar-refractivity contribution in [3.8, 4) is 11.5 Å². The van der Waals surface area contributed by atoms with Crippen LogP contribution in [0.2, 0.25) is 0 Å². The molecule has 2 heteroatoms. The molecule has 0 heterocycles. The van der Waals surface area contributed by atoms with E-state index in [1.165, 1.54) is 0 Å². The molecule has 1 aromatic carbocycles. The highest BCUT2D eigenvalue weighted by Crippen LogP contribution is 2.31. The SMILES string of the molecule is C/C=C\c1cc(C)cc(OC)c1O. The second-order valence-electron chi connectivity index (χ2n) is 2.91. The van der Waals surface area contributed by atoms with Crippen LogP contribution in [0, 0.1) is 6.92 Å². The molecule has 0 aliphatic rings. The highest BCUT2D eigenvalue weighted by atomic mass is 16.5. The molecule has 70 valence electrons. The van der Waals surface area contributed by atoms with E-state index < -0.39 is 0 Å². The van der Waals surface area contributed by atoms with Gasteiger partial charge in [-0.2, -0.15) is 0 Å². The number of hydrogen-bond acceptors (Lipinski definition) is 2. The Morgan fingerprint density at radius 1 is 1.38 bits per heavy atom. The van der Waals surface area contributed by atoms with E-state index in [4.69, 9.17) is 4.74 Å². The Morgan fingerprint density at radius 3 is 2.62 bits per heavy atom. The van der Waals surface area contributed by atoms with E-state index in [9.17, 15) is 5.11 Å². The lowest BCUT2D eigenvalue weighted by molar-refractivity contribution is 0.372. The first-order chi connectivity index (χ1) is 6.19. The maximum Gasteiger partial charge on any atom is 0.165 e. The van der Waals surface area contributed by atoms with Crippen LogP contribution in [0.4, 0.5) is 0 Å². The van der Waals surface area contributed by atoms with Gasteiger partial charge in [0.1, 0.15) is 0 Å². The second-order valence-corrected chi connectivity index (χ2v) is 2.91. The lowest BCUT2D eigenvalue weighted by Crippen LogP contribution is -1.87. The first-order valence-corrected chi connectivity index (χ1v) is 4.19. The standard InChI is InChI=1S/C11H14O2/c1-4-5-9-6-8(2)7-10(13-3)11(9)12/h4-7,12H,1-3H3/b5-4-. The maximum atomic E-state index is 9.67. The molecule has 1 N–H and O–H groups in total. The van der Waals surface area contributed by atoms with Gasteiger partial charge in [0.15, 0.2) is 11.5 Å². The summed E-state index contributed by atoms with van der Waals surface area (Å²) < 4.78 is 5.03. The van der Waals surface area contributed by atoms with Gasteiger partial charge in [0, 0.05) is 5.56 Å². The summed E-state index contributed by atoms with van der Waals surface area (Å²) in [5.41, 5.74) is 1.86. The summed E-state index contributed by atoms with van der Waals surface area (Å²) >= 11 is 0. The Morgan fingerprint density at radius 2 is 2.08 bits per heavy atom. The van der Waals surface area contributed by atoms with Crippen molar-refractivity contribution in [1.29, 1.82) is 0 Å². The fourth-order valence-electron chi connectivity index (χ4n) is 1.23. The van der Waals surface area contributed by atoms with Gasteiger partial charge < -0.3 is 9.84 Å². The molecule has 0 aliphatic carbocycles. The number of aromatic hydroxyl groups is 1. The number of rotatable bonds is 2. The van der Waals surface area contributed by atoms with Gasteiger partial charge >= 0.3 is 0 Å². The third-order valence-corrected chi connectivity index (χ3v) is 1.81. The number of ether oxygens (including phenoxy) is 1. The summed E-state index contributed by atoms with van der Waals surface area (Å²) in [5.74, 6) is 0.722. The van der Waals surface area contributed by atoms with Crippen LogP contribution in [-0.2, 0) is 0 Å². The zero-order valence-corrected chi connectivity index (χ0v) is 8.16. The third-order valence-electron chi connectivity index (χ3n) is 1.81. The average Bonchev–Trinajstić information content (AvgIpc) is 2.11. The first kappa shape index (κ1) is 9.65. The smallest absolute Gasteiger partial charge is 0.165 e. The molecule has 13 heavy (non-hydrogen) atoms. The molecule has 0 bridgehead atoms. The molecule has 0 saturated carbocycles. The van der Waals surface area contributed by atoms with Crippen LogP contribution in [0.3, 0.4) is 0 Å². The number of allylic oxidation sites excluding steroid dienone is 1. The predicted octanol–water partition coefficient (Wildman–Crippen LogP) is 2.74. The lowest BCUT2D eigenvalue weighted by atomic mass is 10.1. The Bertz CT molecular complexity index is 327. The van der Waals surface area contributed by atoms with E-state index >= 15 is 0 Å². The quantitative estimate of drug-likeness (QED) is 0.754. The molecule has 1 aromatic rings. The average molecular weight is 178 g/mol. The summed E-state index contributed by atoms with van der Waals surface area (Å²) in [6, 6.07) is 3.72. The molecule has 0 unspecified atom stereocenters. The summed E-state index contributed by atoms with van der Waals surface area (Å²) in [7, 11) is 1.55. The maximum absolute atomic E-state index is 9.67. The molecule has 0 saturated heterocycles. The van der Waals surface area contributed by atoms with Crippen molar-refractivity contribution in [2.75, 3.05) is 7.11 Å². The minimum absolute atomic E-state index is 0.200. The normalized spacial score (nSPS) is 10.7. The summed E-state index contributed by atoms with van der Waals surface area (Å²) in [4.78, 5) is 0. The van der Waals surface area contributed by atoms with Crippen molar-refractivity contribution < 1.29 is 9.84 Å². The first-order valence-electron chi connectivity index (χ1n) is 4.19. The van der Waals surface area contributed by atoms with Crippen LogP contribution in [0.15, 0.2) is 18.2 Å². The van der Waals surface area contributed by atoms with E-state index in [1.54, 1.807) is 7.11 Å². The van der Waals surface area contributed by atoms with Gasteiger partial charge in [-0.15, -0.1) is 0 Å². The van der Waals surface area contributed by atoms with Crippen LogP contribution in [0.1, 0.15) is 18.1 Å². The van der Waals surface area contributed by atoms with Gasteiger partial charge in [0.2, 0.25) is 0 Å². The topological polar surface area (TPSA) is 29.5 Å². The minimum Gasteiger partial charge on any atom is -0.504 e. The molecular formula is C11H14O2. The van der Waals surface area contributed by atoms with E-state index in [0.29, 0.717) is 5.75 Å². The van der Waals surface area contributed by atoms with Crippen LogP contribution in [0.5, 0.6) is 11.5 Å². The number of methoxy groups -OCH3 is 1. The monoisotopic (exact) mass is 178 g/mol. The molecule has 0 radical (unpaired) electrons. The zero-order chi connectivity index (χ0) is 9.84. The molecule has 0 fully saturated rings. The van der Waals surface area contributed by atoms with Gasteiger partial charge in [0.05, 0.1) is 7.11 Å². The van der Waals surface area contributed by atoms with Gasteiger partial charge in [0.25, 0.3) is 0 Å². The Balaban J connectivity index is 3.26. The molecule has 0 amide bonds. The van der Waals surface area contributed by atoms with Crippen LogP contribution >= 0.6 is 0 Å². The van der Waals surface area contributed by atoms with Crippen molar-refractivity contribution in [1.82, 2.24) is 0 Å². The largest absolute Gasteiger partial charge is 0.504 e. The molecule has 0 spiro atoms.